The van der Waals surface area contributed by atoms with Crippen LogP contribution in [-0.2, 0) is 6.54 Å². The van der Waals surface area contributed by atoms with Crippen molar-refractivity contribution in [1.29, 1.82) is 0 Å². The highest BCUT2D eigenvalue weighted by molar-refractivity contribution is 6.30. The Morgan fingerprint density at radius 1 is 1.27 bits per heavy atom. The third-order valence-electron chi connectivity index (χ3n) is 1.57. The van der Waals surface area contributed by atoms with Gasteiger partial charge in [0, 0.05) is 11.6 Å². The number of hydrogen-bond acceptors (Lipinski definition) is 2. The second-order valence-corrected chi connectivity index (χ2v) is 3.34. The normalized spacial score (nSPS) is 11.5. The van der Waals surface area contributed by atoms with Crippen LogP contribution in [-0.4, -0.2) is 12.8 Å². The lowest BCUT2D eigenvalue weighted by molar-refractivity contribution is -0.153. The summed E-state index contributed by atoms with van der Waals surface area (Å²) in [6.45, 7) is -1.14. The lowest BCUT2D eigenvalue weighted by Crippen LogP contribution is -2.19. The van der Waals surface area contributed by atoms with Crippen LogP contribution in [0.3, 0.4) is 0 Å². The summed E-state index contributed by atoms with van der Waals surface area (Å²) in [7, 11) is 0. The zero-order valence-electron chi connectivity index (χ0n) is 7.64. The molecule has 0 aliphatic heterocycles. The van der Waals surface area contributed by atoms with Crippen LogP contribution < -0.4 is 10.5 Å². The quantitative estimate of drug-likeness (QED) is 0.880. The highest BCUT2D eigenvalue weighted by atomic mass is 35.5. The van der Waals surface area contributed by atoms with Gasteiger partial charge >= 0.3 is 6.18 Å². The Morgan fingerprint density at radius 3 is 2.47 bits per heavy atom. The molecule has 0 spiro atoms. The molecule has 0 fully saturated rings. The average Bonchev–Trinajstić information content (AvgIpc) is 2.13. The van der Waals surface area contributed by atoms with Gasteiger partial charge < -0.3 is 10.5 Å². The molecular weight excluding hydrogens is 231 g/mol. The van der Waals surface area contributed by atoms with E-state index in [0.717, 1.165) is 0 Å². The molecule has 0 heterocycles. The predicted molar refractivity (Wildman–Crippen MR) is 50.9 cm³/mol. The molecule has 0 atom stereocenters. The molecule has 2 N–H and O–H groups in total. The monoisotopic (exact) mass is 239 g/mol. The molecule has 1 aromatic carbocycles. The minimum absolute atomic E-state index is 0.0697. The van der Waals surface area contributed by atoms with Crippen LogP contribution in [0.15, 0.2) is 18.2 Å². The fourth-order valence-corrected chi connectivity index (χ4v) is 1.23. The topological polar surface area (TPSA) is 35.2 Å². The summed E-state index contributed by atoms with van der Waals surface area (Å²) in [6.07, 6.45) is -4.36. The fraction of sp³-hybridized carbons (Fsp3) is 0.333. The minimum atomic E-state index is -4.36. The van der Waals surface area contributed by atoms with Crippen LogP contribution in [0.1, 0.15) is 5.56 Å². The maximum absolute atomic E-state index is 11.8. The van der Waals surface area contributed by atoms with E-state index in [1.807, 2.05) is 0 Å². The van der Waals surface area contributed by atoms with E-state index in [-0.39, 0.29) is 12.3 Å². The molecule has 0 bridgehead atoms. The van der Waals surface area contributed by atoms with Gasteiger partial charge in [0.15, 0.2) is 6.61 Å². The third-order valence-corrected chi connectivity index (χ3v) is 1.79. The number of benzene rings is 1. The van der Waals surface area contributed by atoms with Crippen LogP contribution in [0.25, 0.3) is 0 Å². The van der Waals surface area contributed by atoms with Gasteiger partial charge in [-0.25, -0.2) is 0 Å². The zero-order valence-corrected chi connectivity index (χ0v) is 8.40. The number of rotatable bonds is 3. The van der Waals surface area contributed by atoms with Crippen molar-refractivity contribution in [3.05, 3.63) is 28.8 Å². The van der Waals surface area contributed by atoms with E-state index in [1.54, 1.807) is 6.07 Å². The van der Waals surface area contributed by atoms with Crippen molar-refractivity contribution in [3.8, 4) is 5.75 Å². The van der Waals surface area contributed by atoms with Gasteiger partial charge in [-0.05, 0) is 23.8 Å². The molecule has 0 radical (unpaired) electrons. The van der Waals surface area contributed by atoms with Gasteiger partial charge in [0.25, 0.3) is 0 Å². The Kier molecular flexibility index (Phi) is 3.82. The van der Waals surface area contributed by atoms with E-state index in [9.17, 15) is 13.2 Å². The van der Waals surface area contributed by atoms with Crippen molar-refractivity contribution in [3.63, 3.8) is 0 Å². The molecule has 0 saturated heterocycles. The van der Waals surface area contributed by atoms with E-state index < -0.39 is 12.8 Å². The van der Waals surface area contributed by atoms with Crippen molar-refractivity contribution in [1.82, 2.24) is 0 Å². The number of halogens is 4. The molecule has 0 aromatic heterocycles. The summed E-state index contributed by atoms with van der Waals surface area (Å²) in [6, 6.07) is 4.31. The first kappa shape index (κ1) is 12.1. The van der Waals surface area contributed by atoms with E-state index in [2.05, 4.69) is 4.74 Å². The number of ether oxygens (including phenoxy) is 1. The van der Waals surface area contributed by atoms with Gasteiger partial charge in [-0.3, -0.25) is 0 Å². The van der Waals surface area contributed by atoms with Crippen molar-refractivity contribution < 1.29 is 17.9 Å². The van der Waals surface area contributed by atoms with Gasteiger partial charge in [-0.15, -0.1) is 0 Å². The van der Waals surface area contributed by atoms with Crippen LogP contribution in [0.5, 0.6) is 5.75 Å². The van der Waals surface area contributed by atoms with E-state index in [1.165, 1.54) is 12.1 Å². The Balaban J connectivity index is 2.73. The number of alkyl halides is 3. The minimum Gasteiger partial charge on any atom is -0.484 e. The van der Waals surface area contributed by atoms with Gasteiger partial charge in [-0.2, -0.15) is 13.2 Å². The Hall–Kier alpha value is -0.940. The first-order valence-corrected chi connectivity index (χ1v) is 4.47. The molecule has 15 heavy (non-hydrogen) atoms. The molecule has 0 aliphatic carbocycles. The van der Waals surface area contributed by atoms with E-state index >= 15 is 0 Å². The predicted octanol–water partition coefficient (Wildman–Crippen LogP) is 2.74. The van der Waals surface area contributed by atoms with Crippen molar-refractivity contribution in [2.75, 3.05) is 6.61 Å². The third kappa shape index (κ3) is 4.40. The summed E-state index contributed by atoms with van der Waals surface area (Å²) >= 11 is 5.66. The molecule has 0 aliphatic rings. The highest BCUT2D eigenvalue weighted by Crippen LogP contribution is 2.23. The lowest BCUT2D eigenvalue weighted by Gasteiger charge is -2.10. The first-order chi connectivity index (χ1) is 6.90. The van der Waals surface area contributed by atoms with E-state index in [0.29, 0.717) is 10.6 Å². The fourth-order valence-electron chi connectivity index (χ4n) is 0.987. The van der Waals surface area contributed by atoms with Gasteiger partial charge in [0.05, 0.1) is 0 Å². The number of hydrogen-bond donors (Lipinski definition) is 1. The van der Waals surface area contributed by atoms with Crippen LogP contribution in [0.2, 0.25) is 5.02 Å². The summed E-state index contributed by atoms with van der Waals surface area (Å²) in [5.41, 5.74) is 5.96. The summed E-state index contributed by atoms with van der Waals surface area (Å²) in [4.78, 5) is 0. The SMILES string of the molecule is NCc1cc(Cl)cc(OCC(F)(F)F)c1. The highest BCUT2D eigenvalue weighted by Gasteiger charge is 2.28. The summed E-state index contributed by atoms with van der Waals surface area (Å²) < 4.78 is 40.1. The zero-order chi connectivity index (χ0) is 11.5. The second-order valence-electron chi connectivity index (χ2n) is 2.90. The molecule has 0 saturated carbocycles. The molecule has 2 nitrogen and oxygen atoms in total. The van der Waals surface area contributed by atoms with Crippen molar-refractivity contribution >= 4 is 11.6 Å². The Morgan fingerprint density at radius 2 is 1.93 bits per heavy atom. The molecule has 1 rings (SSSR count). The lowest BCUT2D eigenvalue weighted by atomic mass is 10.2. The van der Waals surface area contributed by atoms with E-state index in [4.69, 9.17) is 17.3 Å². The maximum Gasteiger partial charge on any atom is 0.422 e. The van der Waals surface area contributed by atoms with Crippen LogP contribution >= 0.6 is 11.6 Å². The number of nitrogens with two attached hydrogens (primary N) is 1. The van der Waals surface area contributed by atoms with Gasteiger partial charge in [0.1, 0.15) is 5.75 Å². The molecule has 6 heteroatoms. The first-order valence-electron chi connectivity index (χ1n) is 4.10. The largest absolute Gasteiger partial charge is 0.484 e. The molecule has 0 amide bonds. The molecule has 0 unspecified atom stereocenters. The molecule has 1 aromatic rings. The smallest absolute Gasteiger partial charge is 0.422 e. The molecular formula is C9H9ClF3NO. The Labute approximate surface area is 89.8 Å². The average molecular weight is 240 g/mol. The van der Waals surface area contributed by atoms with Gasteiger partial charge in [-0.1, -0.05) is 11.6 Å². The van der Waals surface area contributed by atoms with Crippen molar-refractivity contribution in [2.45, 2.75) is 12.7 Å². The maximum atomic E-state index is 11.8. The Bertz CT molecular complexity index is 341. The van der Waals surface area contributed by atoms with Gasteiger partial charge in [0.2, 0.25) is 0 Å². The van der Waals surface area contributed by atoms with Crippen molar-refractivity contribution in [2.24, 2.45) is 5.73 Å². The standard InChI is InChI=1S/C9H9ClF3NO/c10-7-1-6(4-14)2-8(3-7)15-5-9(11,12)13/h1-3H,4-5,14H2. The van der Waals surface area contributed by atoms with Crippen LogP contribution in [0.4, 0.5) is 13.2 Å². The summed E-state index contributed by atoms with van der Waals surface area (Å²) in [5.74, 6) is 0.0697. The second kappa shape index (κ2) is 4.72. The molecule has 84 valence electrons. The van der Waals surface area contributed by atoms with Crippen LogP contribution in [0, 0.1) is 0 Å². The summed E-state index contributed by atoms with van der Waals surface area (Å²) in [5, 5.41) is 0.301.